The molecule has 0 aliphatic heterocycles. The smallest absolute Gasteiger partial charge is 0.0568 e. The molecule has 2 heteroatoms. The van der Waals surface area contributed by atoms with E-state index in [1.54, 1.807) is 0 Å². The highest BCUT2D eigenvalue weighted by Gasteiger charge is 2.19. The van der Waals surface area contributed by atoms with Crippen LogP contribution in [0.25, 0.3) is 0 Å². The first-order valence-corrected chi connectivity index (χ1v) is 10.5. The van der Waals surface area contributed by atoms with Crippen molar-refractivity contribution in [3.8, 4) is 0 Å². The van der Waals surface area contributed by atoms with Crippen LogP contribution in [0.2, 0.25) is 0 Å². The number of rotatable bonds is 7. The number of nitrogens with zero attached hydrogens (tertiary/aromatic N) is 2. The Morgan fingerprint density at radius 1 is 0.815 bits per heavy atom. The Morgan fingerprint density at radius 2 is 1.37 bits per heavy atom. The van der Waals surface area contributed by atoms with Crippen LogP contribution in [0.1, 0.15) is 80.5 Å². The van der Waals surface area contributed by atoms with Crippen molar-refractivity contribution >= 4 is 12.4 Å². The molecule has 142 valence electrons. The Balaban J connectivity index is 1.51. The molecule has 0 N–H and O–H groups in total. The summed E-state index contributed by atoms with van der Waals surface area (Å²) >= 11 is 0. The summed E-state index contributed by atoms with van der Waals surface area (Å²) in [5.41, 5.74) is 5.07. The van der Waals surface area contributed by atoms with Crippen LogP contribution in [0.4, 0.5) is 0 Å². The minimum absolute atomic E-state index is 0.741. The zero-order chi connectivity index (χ0) is 18.9. The molecule has 0 atom stereocenters. The van der Waals surface area contributed by atoms with Crippen LogP contribution >= 0.6 is 0 Å². The highest BCUT2D eigenvalue weighted by atomic mass is 15.2. The average Bonchev–Trinajstić information content (AvgIpc) is 2.72. The minimum atomic E-state index is 0.741. The number of aryl methyl sites for hydroxylation is 1. The Kier molecular flexibility index (Phi) is 7.38. The van der Waals surface area contributed by atoms with Gasteiger partial charge < -0.3 is 0 Å². The second-order valence-electron chi connectivity index (χ2n) is 7.96. The normalized spacial score (nSPS) is 20.5. The first-order chi connectivity index (χ1) is 13.2. The first kappa shape index (κ1) is 19.5. The summed E-state index contributed by atoms with van der Waals surface area (Å²) in [6.07, 6.45) is 12.7. The molecular formula is C25H32N2. The van der Waals surface area contributed by atoms with Crippen molar-refractivity contribution in [2.75, 3.05) is 0 Å². The Morgan fingerprint density at radius 3 is 1.93 bits per heavy atom. The third-order valence-electron chi connectivity index (χ3n) is 5.70. The summed E-state index contributed by atoms with van der Waals surface area (Å²) in [5, 5.41) is 8.40. The Hall–Kier alpha value is -2.22. The molecule has 0 aromatic heterocycles. The van der Waals surface area contributed by atoms with Crippen molar-refractivity contribution in [1.29, 1.82) is 0 Å². The zero-order valence-electron chi connectivity index (χ0n) is 16.8. The Bertz CT molecular complexity index is 733. The van der Waals surface area contributed by atoms with Crippen LogP contribution in [0.5, 0.6) is 0 Å². The molecule has 1 saturated carbocycles. The third-order valence-corrected chi connectivity index (χ3v) is 5.70. The van der Waals surface area contributed by atoms with Crippen LogP contribution in [0.15, 0.2) is 58.7 Å². The third kappa shape index (κ3) is 6.16. The fourth-order valence-corrected chi connectivity index (χ4v) is 3.80. The average molecular weight is 361 g/mol. The van der Waals surface area contributed by atoms with Crippen LogP contribution in [0, 0.1) is 5.92 Å². The van der Waals surface area contributed by atoms with E-state index in [1.807, 2.05) is 12.4 Å². The molecule has 1 fully saturated rings. The number of benzene rings is 2. The van der Waals surface area contributed by atoms with Crippen molar-refractivity contribution in [2.24, 2.45) is 16.1 Å². The lowest BCUT2D eigenvalue weighted by Gasteiger charge is -2.26. The van der Waals surface area contributed by atoms with Crippen LogP contribution in [-0.4, -0.2) is 12.4 Å². The van der Waals surface area contributed by atoms with Crippen LogP contribution in [0.3, 0.4) is 0 Å². The molecule has 2 aromatic rings. The van der Waals surface area contributed by atoms with E-state index in [-0.39, 0.29) is 0 Å². The second kappa shape index (κ2) is 10.2. The van der Waals surface area contributed by atoms with Gasteiger partial charge in [-0.2, -0.15) is 10.2 Å². The van der Waals surface area contributed by atoms with Gasteiger partial charge in [-0.15, -0.1) is 0 Å². The zero-order valence-corrected chi connectivity index (χ0v) is 16.8. The van der Waals surface area contributed by atoms with Crippen molar-refractivity contribution in [1.82, 2.24) is 0 Å². The van der Waals surface area contributed by atoms with Crippen LogP contribution in [-0.2, 0) is 6.42 Å². The molecule has 0 spiro atoms. The molecule has 1 aliphatic rings. The molecule has 2 aromatic carbocycles. The van der Waals surface area contributed by atoms with Gasteiger partial charge in [0.05, 0.1) is 12.4 Å². The quantitative estimate of drug-likeness (QED) is 0.384. The van der Waals surface area contributed by atoms with E-state index < -0.39 is 0 Å². The topological polar surface area (TPSA) is 24.7 Å². The molecule has 3 rings (SSSR count). The van der Waals surface area contributed by atoms with Gasteiger partial charge in [-0.05, 0) is 59.8 Å². The summed E-state index contributed by atoms with van der Waals surface area (Å²) in [7, 11) is 0. The highest BCUT2D eigenvalue weighted by molar-refractivity contribution is 5.82. The summed E-state index contributed by atoms with van der Waals surface area (Å²) in [6, 6.07) is 17.5. The lowest BCUT2D eigenvalue weighted by atomic mass is 9.79. The van der Waals surface area contributed by atoms with Gasteiger partial charge in [0, 0.05) is 0 Å². The molecule has 0 bridgehead atoms. The molecule has 0 unspecified atom stereocenters. The van der Waals surface area contributed by atoms with Gasteiger partial charge in [0.25, 0.3) is 0 Å². The van der Waals surface area contributed by atoms with Crippen molar-refractivity contribution in [2.45, 2.75) is 64.7 Å². The number of hydrogen-bond acceptors (Lipinski definition) is 2. The summed E-state index contributed by atoms with van der Waals surface area (Å²) in [4.78, 5) is 0. The van der Waals surface area contributed by atoms with Crippen molar-refractivity contribution < 1.29 is 0 Å². The largest absolute Gasteiger partial charge is 0.159 e. The number of unbranched alkanes of at least 4 members (excludes halogenated alkanes) is 1. The van der Waals surface area contributed by atoms with Gasteiger partial charge in [0.15, 0.2) is 0 Å². The van der Waals surface area contributed by atoms with E-state index in [2.05, 4.69) is 72.6 Å². The van der Waals surface area contributed by atoms with Gasteiger partial charge in [0.2, 0.25) is 0 Å². The highest BCUT2D eigenvalue weighted by Crippen LogP contribution is 2.35. The van der Waals surface area contributed by atoms with Crippen molar-refractivity contribution in [3.63, 3.8) is 0 Å². The van der Waals surface area contributed by atoms with E-state index >= 15 is 0 Å². The summed E-state index contributed by atoms with van der Waals surface area (Å²) < 4.78 is 0. The molecule has 1 aliphatic carbocycles. The predicted molar refractivity (Wildman–Crippen MR) is 117 cm³/mol. The SMILES string of the molecule is CCCCc1ccc(C=NN=Cc2ccc([C@H]3CC[C@H](C)CC3)cc2)cc1. The molecular weight excluding hydrogens is 328 g/mol. The lowest BCUT2D eigenvalue weighted by molar-refractivity contribution is 0.348. The maximum Gasteiger partial charge on any atom is 0.0568 e. The maximum atomic E-state index is 4.21. The van der Waals surface area contributed by atoms with Gasteiger partial charge in [-0.1, -0.05) is 81.6 Å². The molecule has 0 radical (unpaired) electrons. The number of hydrogen-bond donors (Lipinski definition) is 0. The molecule has 27 heavy (non-hydrogen) atoms. The molecule has 0 saturated heterocycles. The van der Waals surface area contributed by atoms with E-state index in [4.69, 9.17) is 0 Å². The molecule has 0 heterocycles. The van der Waals surface area contributed by atoms with Gasteiger partial charge in [-0.3, -0.25) is 0 Å². The lowest BCUT2D eigenvalue weighted by Crippen LogP contribution is -2.10. The van der Waals surface area contributed by atoms with Crippen molar-refractivity contribution in [3.05, 3.63) is 70.8 Å². The predicted octanol–water partition coefficient (Wildman–Crippen LogP) is 6.78. The minimum Gasteiger partial charge on any atom is -0.159 e. The van der Waals surface area contributed by atoms with Gasteiger partial charge in [0.1, 0.15) is 0 Å². The second-order valence-corrected chi connectivity index (χ2v) is 7.96. The monoisotopic (exact) mass is 360 g/mol. The first-order valence-electron chi connectivity index (χ1n) is 10.5. The molecule has 0 amide bonds. The van der Waals surface area contributed by atoms with Crippen LogP contribution < -0.4 is 0 Å². The molecule has 2 nitrogen and oxygen atoms in total. The van der Waals surface area contributed by atoms with E-state index in [0.717, 1.165) is 29.4 Å². The standard InChI is InChI=1S/C25H32N2/c1-3-4-5-21-8-10-22(11-9-21)18-26-27-19-23-12-16-25(17-13-23)24-14-6-20(2)7-15-24/h8-13,16-20,24H,3-7,14-15H2,1-2H3/t20-,24-. The fraction of sp³-hybridized carbons (Fsp3) is 0.440. The fourth-order valence-electron chi connectivity index (χ4n) is 3.80. The van der Waals surface area contributed by atoms with Gasteiger partial charge >= 0.3 is 0 Å². The van der Waals surface area contributed by atoms with E-state index in [1.165, 1.54) is 49.7 Å². The van der Waals surface area contributed by atoms with Gasteiger partial charge in [-0.25, -0.2) is 0 Å². The Labute approximate surface area is 164 Å². The van der Waals surface area contributed by atoms with E-state index in [0.29, 0.717) is 0 Å². The summed E-state index contributed by atoms with van der Waals surface area (Å²) in [5.74, 6) is 1.64. The summed E-state index contributed by atoms with van der Waals surface area (Å²) in [6.45, 7) is 4.60. The van der Waals surface area contributed by atoms with E-state index in [9.17, 15) is 0 Å². The maximum absolute atomic E-state index is 4.21.